The second-order valence-electron chi connectivity index (χ2n) is 6.05. The van der Waals surface area contributed by atoms with Gasteiger partial charge < -0.3 is 11.1 Å². The Morgan fingerprint density at radius 1 is 0.962 bits per heavy atom. The number of nitrogens with zero attached hydrogens (tertiary/aromatic N) is 1. The maximum Gasteiger partial charge on any atom is 0.267 e. The summed E-state index contributed by atoms with van der Waals surface area (Å²) in [7, 11) is 0. The van der Waals surface area contributed by atoms with Gasteiger partial charge in [-0.25, -0.2) is 4.98 Å². The molecule has 0 saturated heterocycles. The number of carbonyl (C=O) groups is 1. The second kappa shape index (κ2) is 6.61. The molecule has 1 amide bonds. The number of carbonyl (C=O) groups excluding carboxylic acids is 1. The first-order chi connectivity index (χ1) is 12.6. The molecule has 2 heterocycles. The van der Waals surface area contributed by atoms with Crippen molar-refractivity contribution in [3.05, 3.63) is 77.3 Å². The van der Waals surface area contributed by atoms with Crippen molar-refractivity contribution in [3.63, 3.8) is 0 Å². The number of hydrogen-bond donors (Lipinski definition) is 2. The molecule has 0 radical (unpaired) electrons. The highest BCUT2D eigenvalue weighted by Crippen LogP contribution is 2.33. The van der Waals surface area contributed by atoms with Crippen LogP contribution in [0.5, 0.6) is 0 Å². The van der Waals surface area contributed by atoms with Crippen molar-refractivity contribution in [3.8, 4) is 11.1 Å². The van der Waals surface area contributed by atoms with Gasteiger partial charge in [0.2, 0.25) is 0 Å². The predicted molar refractivity (Wildman–Crippen MR) is 109 cm³/mol. The number of nitrogen functional groups attached to an aromatic ring is 1. The zero-order valence-corrected chi connectivity index (χ0v) is 15.0. The smallest absolute Gasteiger partial charge is 0.267 e. The zero-order valence-electron chi connectivity index (χ0n) is 14.2. The Morgan fingerprint density at radius 2 is 1.65 bits per heavy atom. The Labute approximate surface area is 155 Å². The van der Waals surface area contributed by atoms with E-state index in [-0.39, 0.29) is 5.91 Å². The first kappa shape index (κ1) is 16.3. The normalized spacial score (nSPS) is 10.8. The molecule has 4 nitrogen and oxygen atoms in total. The Hall–Kier alpha value is -3.18. The van der Waals surface area contributed by atoms with Crippen LogP contribution < -0.4 is 11.1 Å². The third-order valence-corrected chi connectivity index (χ3v) is 5.30. The minimum atomic E-state index is -0.212. The quantitative estimate of drug-likeness (QED) is 0.534. The summed E-state index contributed by atoms with van der Waals surface area (Å²) in [6, 6.07) is 21.7. The van der Waals surface area contributed by atoms with Crippen LogP contribution in [0, 0.1) is 6.92 Å². The standard InChI is InChI=1S/C21H17N3OS/c1-13-7-12-17-18(22)19(26-21(17)23-13)20(25)24-16-10-8-15(9-11-16)14-5-3-2-4-6-14/h2-12H,22H2,1H3,(H,24,25). The Bertz CT molecular complexity index is 1090. The van der Waals surface area contributed by atoms with Crippen molar-refractivity contribution in [2.75, 3.05) is 11.1 Å². The van der Waals surface area contributed by atoms with E-state index < -0.39 is 0 Å². The number of amides is 1. The highest BCUT2D eigenvalue weighted by atomic mass is 32.1. The molecule has 4 aromatic rings. The number of rotatable bonds is 3. The van der Waals surface area contributed by atoms with Crippen LogP contribution in [0.3, 0.4) is 0 Å². The average Bonchev–Trinajstić information content (AvgIpc) is 2.99. The topological polar surface area (TPSA) is 68.0 Å². The van der Waals surface area contributed by atoms with E-state index in [1.165, 1.54) is 11.3 Å². The van der Waals surface area contributed by atoms with E-state index in [1.807, 2.05) is 61.5 Å². The molecule has 3 N–H and O–H groups in total. The van der Waals surface area contributed by atoms with E-state index in [2.05, 4.69) is 22.4 Å². The van der Waals surface area contributed by atoms with Gasteiger partial charge in [0.25, 0.3) is 5.91 Å². The van der Waals surface area contributed by atoms with Crippen LogP contribution in [-0.2, 0) is 0 Å². The number of pyridine rings is 1. The lowest BCUT2D eigenvalue weighted by atomic mass is 10.1. The summed E-state index contributed by atoms with van der Waals surface area (Å²) < 4.78 is 0. The largest absolute Gasteiger partial charge is 0.397 e. The summed E-state index contributed by atoms with van der Waals surface area (Å²) in [5, 5.41) is 3.74. The molecule has 4 rings (SSSR count). The van der Waals surface area contributed by atoms with Crippen LogP contribution in [0.25, 0.3) is 21.3 Å². The molecule has 0 aliphatic heterocycles. The van der Waals surface area contributed by atoms with E-state index in [9.17, 15) is 4.79 Å². The molecule has 2 aromatic heterocycles. The summed E-state index contributed by atoms with van der Waals surface area (Å²) in [5.41, 5.74) is 10.5. The van der Waals surface area contributed by atoms with Gasteiger partial charge in [-0.2, -0.15) is 0 Å². The summed E-state index contributed by atoms with van der Waals surface area (Å²) in [5.74, 6) is -0.212. The first-order valence-electron chi connectivity index (χ1n) is 8.24. The lowest BCUT2D eigenvalue weighted by Crippen LogP contribution is -2.11. The number of nitrogens with one attached hydrogen (secondary N) is 1. The molecule has 128 valence electrons. The molecule has 0 bridgehead atoms. The van der Waals surface area contributed by atoms with Gasteiger partial charge in [-0.15, -0.1) is 11.3 Å². The average molecular weight is 359 g/mol. The van der Waals surface area contributed by atoms with E-state index in [4.69, 9.17) is 5.73 Å². The number of aryl methyl sites for hydroxylation is 1. The molecule has 0 atom stereocenters. The Morgan fingerprint density at radius 3 is 2.38 bits per heavy atom. The third-order valence-electron chi connectivity index (χ3n) is 4.19. The van der Waals surface area contributed by atoms with Crippen molar-refractivity contribution < 1.29 is 4.79 Å². The van der Waals surface area contributed by atoms with Gasteiger partial charge in [0.1, 0.15) is 9.71 Å². The fourth-order valence-corrected chi connectivity index (χ4v) is 3.86. The molecule has 0 unspecified atom stereocenters. The van der Waals surface area contributed by atoms with Gasteiger partial charge in [0.15, 0.2) is 0 Å². The Balaban J connectivity index is 1.58. The van der Waals surface area contributed by atoms with Crippen molar-refractivity contribution in [1.82, 2.24) is 4.98 Å². The van der Waals surface area contributed by atoms with Gasteiger partial charge in [-0.3, -0.25) is 4.79 Å². The highest BCUT2D eigenvalue weighted by molar-refractivity contribution is 7.21. The van der Waals surface area contributed by atoms with E-state index in [0.29, 0.717) is 10.6 Å². The summed E-state index contributed by atoms with van der Waals surface area (Å²) >= 11 is 1.32. The van der Waals surface area contributed by atoms with Gasteiger partial charge in [0, 0.05) is 16.8 Å². The molecule has 26 heavy (non-hydrogen) atoms. The number of benzene rings is 2. The summed E-state index contributed by atoms with van der Waals surface area (Å²) in [6.45, 7) is 1.92. The lowest BCUT2D eigenvalue weighted by molar-refractivity contribution is 0.103. The maximum atomic E-state index is 12.6. The second-order valence-corrected chi connectivity index (χ2v) is 7.05. The summed E-state index contributed by atoms with van der Waals surface area (Å²) in [6.07, 6.45) is 0. The van der Waals surface area contributed by atoms with E-state index in [1.54, 1.807) is 0 Å². The van der Waals surface area contributed by atoms with Crippen LogP contribution >= 0.6 is 11.3 Å². The number of thiophene rings is 1. The predicted octanol–water partition coefficient (Wildman–Crippen LogP) is 5.11. The monoisotopic (exact) mass is 359 g/mol. The number of nitrogens with two attached hydrogens (primary N) is 1. The van der Waals surface area contributed by atoms with Gasteiger partial charge in [0.05, 0.1) is 5.69 Å². The van der Waals surface area contributed by atoms with Crippen molar-refractivity contribution >= 4 is 38.8 Å². The molecule has 0 saturated carbocycles. The van der Waals surface area contributed by atoms with Crippen LogP contribution in [0.4, 0.5) is 11.4 Å². The minimum Gasteiger partial charge on any atom is -0.397 e. The van der Waals surface area contributed by atoms with Crippen molar-refractivity contribution in [2.24, 2.45) is 0 Å². The van der Waals surface area contributed by atoms with Crippen LogP contribution in [-0.4, -0.2) is 10.9 Å². The maximum absolute atomic E-state index is 12.6. The van der Waals surface area contributed by atoms with Crippen LogP contribution in [0.15, 0.2) is 66.7 Å². The highest BCUT2D eigenvalue weighted by Gasteiger charge is 2.17. The number of hydrogen-bond acceptors (Lipinski definition) is 4. The fourth-order valence-electron chi connectivity index (χ4n) is 2.82. The van der Waals surface area contributed by atoms with Crippen LogP contribution in [0.2, 0.25) is 0 Å². The molecular formula is C21H17N3OS. The first-order valence-corrected chi connectivity index (χ1v) is 9.06. The van der Waals surface area contributed by atoms with Gasteiger partial charge in [-0.05, 0) is 42.3 Å². The number of anilines is 2. The molecule has 0 spiro atoms. The van der Waals surface area contributed by atoms with E-state index in [0.717, 1.165) is 32.7 Å². The van der Waals surface area contributed by atoms with Gasteiger partial charge in [-0.1, -0.05) is 42.5 Å². The van der Waals surface area contributed by atoms with Crippen LogP contribution in [0.1, 0.15) is 15.4 Å². The zero-order chi connectivity index (χ0) is 18.1. The SMILES string of the molecule is Cc1ccc2c(N)c(C(=O)Nc3ccc(-c4ccccc4)cc3)sc2n1. The van der Waals surface area contributed by atoms with E-state index >= 15 is 0 Å². The van der Waals surface area contributed by atoms with Crippen molar-refractivity contribution in [2.45, 2.75) is 6.92 Å². The molecule has 5 heteroatoms. The lowest BCUT2D eigenvalue weighted by Gasteiger charge is -2.06. The summed E-state index contributed by atoms with van der Waals surface area (Å²) in [4.78, 5) is 18.4. The third kappa shape index (κ3) is 3.05. The molecule has 2 aromatic carbocycles. The van der Waals surface area contributed by atoms with Gasteiger partial charge >= 0.3 is 0 Å². The fraction of sp³-hybridized carbons (Fsp3) is 0.0476. The van der Waals surface area contributed by atoms with Crippen molar-refractivity contribution in [1.29, 1.82) is 0 Å². The minimum absolute atomic E-state index is 0.212. The number of aromatic nitrogens is 1. The Kier molecular flexibility index (Phi) is 4.14. The molecule has 0 fully saturated rings. The molecule has 0 aliphatic carbocycles. The number of fused-ring (bicyclic) bond motifs is 1. The molecule has 0 aliphatic rings. The molecular weight excluding hydrogens is 342 g/mol.